The fraction of sp³-hybridized carbons (Fsp3) is 0.267. The lowest BCUT2D eigenvalue weighted by molar-refractivity contribution is -0.545. The Morgan fingerprint density at radius 1 is 0.824 bits per heavy atom. The van der Waals surface area contributed by atoms with Crippen LogP contribution in [-0.2, 0) is 6.42 Å². The molecule has 0 radical (unpaired) electrons. The van der Waals surface area contributed by atoms with Gasteiger partial charge in [0.05, 0.1) is 0 Å². The Balaban J connectivity index is 2.14. The predicted molar refractivity (Wildman–Crippen MR) is 74.6 cm³/mol. The maximum absolute atomic E-state index is 2.38. The van der Waals surface area contributed by atoms with Crippen LogP contribution in [0.1, 0.15) is 11.1 Å². The second kappa shape index (κ2) is 4.84. The minimum Gasteiger partial charge on any atom is -0.280 e. The van der Waals surface area contributed by atoms with E-state index in [1.54, 1.807) is 0 Å². The first-order valence-corrected chi connectivity index (χ1v) is 9.55. The van der Waals surface area contributed by atoms with E-state index in [1.165, 1.54) is 11.1 Å². The van der Waals surface area contributed by atoms with Crippen LogP contribution in [0.2, 0.25) is 19.6 Å². The van der Waals surface area contributed by atoms with Crippen molar-refractivity contribution >= 4 is 8.24 Å². The molecule has 1 aromatic heterocycles. The normalized spacial score (nSPS) is 11.5. The van der Waals surface area contributed by atoms with Gasteiger partial charge in [-0.3, -0.25) is 4.23 Å². The smallest absolute Gasteiger partial charge is 0.280 e. The summed E-state index contributed by atoms with van der Waals surface area (Å²) in [5.74, 6) is 0. The van der Waals surface area contributed by atoms with Crippen LogP contribution >= 0.6 is 0 Å². The van der Waals surface area contributed by atoms with Gasteiger partial charge in [-0.1, -0.05) is 30.3 Å². The molecule has 0 aliphatic heterocycles. The van der Waals surface area contributed by atoms with Crippen molar-refractivity contribution in [3.05, 3.63) is 66.0 Å². The number of hydrogen-bond donors (Lipinski definition) is 0. The molecule has 0 fully saturated rings. The van der Waals surface area contributed by atoms with E-state index in [-0.39, 0.29) is 0 Å². The molecule has 17 heavy (non-hydrogen) atoms. The lowest BCUT2D eigenvalue weighted by Crippen LogP contribution is -2.57. The molecule has 1 aromatic carbocycles. The zero-order chi connectivity index (χ0) is 12.3. The Morgan fingerprint density at radius 3 is 1.88 bits per heavy atom. The van der Waals surface area contributed by atoms with Crippen LogP contribution in [0.25, 0.3) is 0 Å². The number of nitrogens with zero attached hydrogens (tertiary/aromatic N) is 1. The molecule has 0 amide bonds. The lowest BCUT2D eigenvalue weighted by atomic mass is 10.1. The number of aromatic nitrogens is 1. The third-order valence-corrected chi connectivity index (χ3v) is 4.77. The zero-order valence-corrected chi connectivity index (χ0v) is 11.9. The molecule has 0 bridgehead atoms. The van der Waals surface area contributed by atoms with Crippen LogP contribution < -0.4 is 4.23 Å². The second-order valence-corrected chi connectivity index (χ2v) is 10.3. The monoisotopic (exact) mass is 242 g/mol. The average molecular weight is 242 g/mol. The van der Waals surface area contributed by atoms with Gasteiger partial charge in [0.25, 0.3) is 0 Å². The molecular weight excluding hydrogens is 222 g/mol. The van der Waals surface area contributed by atoms with Gasteiger partial charge in [0, 0.05) is 12.1 Å². The van der Waals surface area contributed by atoms with E-state index in [2.05, 4.69) is 78.7 Å². The molecule has 0 aliphatic rings. The summed E-state index contributed by atoms with van der Waals surface area (Å²) in [6.45, 7) is 7.05. The highest BCUT2D eigenvalue weighted by Gasteiger charge is 2.26. The van der Waals surface area contributed by atoms with Crippen LogP contribution in [0.15, 0.2) is 54.9 Å². The van der Waals surface area contributed by atoms with Gasteiger partial charge in [-0.2, -0.15) is 0 Å². The first-order valence-electron chi connectivity index (χ1n) is 6.10. The van der Waals surface area contributed by atoms with E-state index in [9.17, 15) is 0 Å². The minimum absolute atomic E-state index is 1.02. The largest absolute Gasteiger partial charge is 0.354 e. The molecule has 1 nitrogen and oxygen atoms in total. The van der Waals surface area contributed by atoms with E-state index < -0.39 is 8.24 Å². The molecular formula is C15H20NSi+. The van der Waals surface area contributed by atoms with Crippen molar-refractivity contribution in [2.75, 3.05) is 0 Å². The lowest BCUT2D eigenvalue weighted by Gasteiger charge is -2.09. The summed E-state index contributed by atoms with van der Waals surface area (Å²) < 4.78 is 2.38. The van der Waals surface area contributed by atoms with Crippen molar-refractivity contribution in [1.29, 1.82) is 0 Å². The van der Waals surface area contributed by atoms with Crippen LogP contribution in [0.4, 0.5) is 0 Å². The summed E-state index contributed by atoms with van der Waals surface area (Å²) in [7, 11) is -1.23. The zero-order valence-electron chi connectivity index (χ0n) is 10.9. The molecule has 0 unspecified atom stereocenters. The highest BCUT2D eigenvalue weighted by Crippen LogP contribution is 2.07. The van der Waals surface area contributed by atoms with Gasteiger partial charge in [0.1, 0.15) is 12.4 Å². The third-order valence-electron chi connectivity index (χ3n) is 2.92. The number of hydrogen-bond acceptors (Lipinski definition) is 0. The van der Waals surface area contributed by atoms with Gasteiger partial charge in [-0.15, -0.1) is 0 Å². The van der Waals surface area contributed by atoms with Crippen LogP contribution in [0.5, 0.6) is 0 Å². The number of pyridine rings is 1. The Bertz CT molecular complexity index is 469. The Kier molecular flexibility index (Phi) is 3.43. The fourth-order valence-electron chi connectivity index (χ4n) is 1.85. The standard InChI is InChI=1S/C15H20NSi/c1-17(2,3)16-11-9-15(10-12-16)13-14-7-5-4-6-8-14/h4-12H,13H2,1-3H3/q+1. The first kappa shape index (κ1) is 12.1. The molecule has 0 saturated heterocycles. The Hall–Kier alpha value is -1.41. The summed E-state index contributed by atoms with van der Waals surface area (Å²) >= 11 is 0. The third kappa shape index (κ3) is 3.27. The van der Waals surface area contributed by atoms with Crippen molar-refractivity contribution < 1.29 is 4.23 Å². The van der Waals surface area contributed by atoms with Crippen molar-refractivity contribution in [3.63, 3.8) is 0 Å². The fourth-order valence-corrected chi connectivity index (χ4v) is 2.90. The van der Waals surface area contributed by atoms with Gasteiger partial charge in [0.2, 0.25) is 0 Å². The summed E-state index contributed by atoms with van der Waals surface area (Å²) in [5.41, 5.74) is 2.75. The van der Waals surface area contributed by atoms with E-state index in [4.69, 9.17) is 0 Å². The quantitative estimate of drug-likeness (QED) is 0.728. The van der Waals surface area contributed by atoms with Crippen molar-refractivity contribution in [1.82, 2.24) is 0 Å². The minimum atomic E-state index is -1.23. The van der Waals surface area contributed by atoms with Gasteiger partial charge >= 0.3 is 8.24 Å². The average Bonchev–Trinajstić information content (AvgIpc) is 2.30. The van der Waals surface area contributed by atoms with Crippen LogP contribution in [0, 0.1) is 0 Å². The predicted octanol–water partition coefficient (Wildman–Crippen LogP) is 3.25. The maximum Gasteiger partial charge on any atom is 0.354 e. The SMILES string of the molecule is C[Si](C)(C)[n+]1ccc(Cc2ccccc2)cc1. The van der Waals surface area contributed by atoms with Crippen molar-refractivity contribution in [2.45, 2.75) is 26.1 Å². The van der Waals surface area contributed by atoms with Gasteiger partial charge in [-0.05, 0) is 37.2 Å². The molecule has 0 aliphatic carbocycles. The summed E-state index contributed by atoms with van der Waals surface area (Å²) in [5, 5.41) is 0. The molecule has 0 N–H and O–H groups in total. The van der Waals surface area contributed by atoms with Crippen molar-refractivity contribution in [2.24, 2.45) is 0 Å². The van der Waals surface area contributed by atoms with Crippen molar-refractivity contribution in [3.8, 4) is 0 Å². The van der Waals surface area contributed by atoms with Crippen LogP contribution in [-0.4, -0.2) is 8.24 Å². The molecule has 88 valence electrons. The molecule has 1 heterocycles. The molecule has 2 heteroatoms. The van der Waals surface area contributed by atoms with E-state index in [0.717, 1.165) is 6.42 Å². The molecule has 0 saturated carbocycles. The first-order chi connectivity index (χ1) is 8.05. The summed E-state index contributed by atoms with van der Waals surface area (Å²) in [6, 6.07) is 15.1. The summed E-state index contributed by atoms with van der Waals surface area (Å²) in [6.07, 6.45) is 5.47. The summed E-state index contributed by atoms with van der Waals surface area (Å²) in [4.78, 5) is 0. The molecule has 2 aromatic rings. The topological polar surface area (TPSA) is 3.88 Å². The van der Waals surface area contributed by atoms with E-state index in [1.807, 2.05) is 0 Å². The van der Waals surface area contributed by atoms with Crippen LogP contribution in [0.3, 0.4) is 0 Å². The number of benzene rings is 1. The Morgan fingerprint density at radius 2 is 1.35 bits per heavy atom. The van der Waals surface area contributed by atoms with Gasteiger partial charge in [-0.25, -0.2) is 0 Å². The number of rotatable bonds is 3. The second-order valence-electron chi connectivity index (χ2n) is 5.45. The van der Waals surface area contributed by atoms with Gasteiger partial charge < -0.3 is 0 Å². The molecule has 0 atom stereocenters. The Labute approximate surface area is 105 Å². The molecule has 0 spiro atoms. The van der Waals surface area contributed by atoms with E-state index in [0.29, 0.717) is 0 Å². The van der Waals surface area contributed by atoms with E-state index >= 15 is 0 Å². The van der Waals surface area contributed by atoms with Gasteiger partial charge in [0.15, 0.2) is 0 Å². The maximum atomic E-state index is 2.38. The highest BCUT2D eigenvalue weighted by molar-refractivity contribution is 6.67. The highest BCUT2D eigenvalue weighted by atomic mass is 28.3. The molecule has 2 rings (SSSR count).